The summed E-state index contributed by atoms with van der Waals surface area (Å²) in [5.74, 6) is 1.24. The Bertz CT molecular complexity index is 288. The van der Waals surface area contributed by atoms with Gasteiger partial charge in [0, 0.05) is 11.8 Å². The zero-order chi connectivity index (χ0) is 14.0. The first kappa shape index (κ1) is 17.9. The molecule has 0 heterocycles. The summed E-state index contributed by atoms with van der Waals surface area (Å²) in [4.78, 5) is 0. The number of nitrogens with one attached hydrogen (secondary N) is 1. The third-order valence-electron chi connectivity index (χ3n) is 3.58. The van der Waals surface area contributed by atoms with Crippen LogP contribution in [0, 0.1) is 5.92 Å². The maximum absolute atomic E-state index is 11.5. The van der Waals surface area contributed by atoms with E-state index in [4.69, 9.17) is 0 Å². The normalized spacial score (nSPS) is 15.6. The number of hydrogen-bond acceptors (Lipinski definition) is 3. The van der Waals surface area contributed by atoms with Gasteiger partial charge in [-0.15, -0.1) is 0 Å². The van der Waals surface area contributed by atoms with Crippen molar-refractivity contribution in [3.63, 3.8) is 0 Å². The first-order chi connectivity index (χ1) is 8.46. The van der Waals surface area contributed by atoms with E-state index in [0.29, 0.717) is 17.7 Å². The van der Waals surface area contributed by atoms with Crippen LogP contribution in [0.15, 0.2) is 0 Å². The molecule has 110 valence electrons. The summed E-state index contributed by atoms with van der Waals surface area (Å²) >= 11 is 0. The maximum atomic E-state index is 11.5. The van der Waals surface area contributed by atoms with Crippen LogP contribution in [0.4, 0.5) is 0 Å². The molecular weight excluding hydrogens is 246 g/mol. The van der Waals surface area contributed by atoms with Crippen molar-refractivity contribution in [3.05, 3.63) is 0 Å². The number of hydrogen-bond donors (Lipinski definition) is 1. The second-order valence-electron chi connectivity index (χ2n) is 5.16. The molecule has 18 heavy (non-hydrogen) atoms. The summed E-state index contributed by atoms with van der Waals surface area (Å²) in [6.45, 7) is 9.28. The molecule has 0 fully saturated rings. The molecule has 0 saturated carbocycles. The highest BCUT2D eigenvalue weighted by molar-refractivity contribution is 7.91. The monoisotopic (exact) mass is 277 g/mol. The molecule has 0 spiro atoms. The summed E-state index contributed by atoms with van der Waals surface area (Å²) in [6.07, 6.45) is 5.47. The van der Waals surface area contributed by atoms with E-state index in [0.717, 1.165) is 19.4 Å². The highest BCUT2D eigenvalue weighted by Crippen LogP contribution is 2.16. The van der Waals surface area contributed by atoms with Crippen LogP contribution in [0.1, 0.15) is 59.8 Å². The summed E-state index contributed by atoms with van der Waals surface area (Å²) in [5.41, 5.74) is 0. The van der Waals surface area contributed by atoms with Gasteiger partial charge in [-0.25, -0.2) is 8.42 Å². The second-order valence-corrected chi connectivity index (χ2v) is 7.64. The summed E-state index contributed by atoms with van der Waals surface area (Å²) in [6, 6.07) is 0.466. The minimum atomic E-state index is -2.80. The number of rotatable bonds is 11. The first-order valence-electron chi connectivity index (χ1n) is 7.40. The minimum absolute atomic E-state index is 0.268. The average Bonchev–Trinajstić information content (AvgIpc) is 2.34. The van der Waals surface area contributed by atoms with E-state index in [-0.39, 0.29) is 5.75 Å². The highest BCUT2D eigenvalue weighted by atomic mass is 32.2. The van der Waals surface area contributed by atoms with E-state index in [1.54, 1.807) is 6.92 Å². The molecule has 0 rings (SSSR count). The standard InChI is InChI=1S/C14H31NO2S/c1-5-8-10-13(4)14(15-6-2)11-9-12-18(16,17)7-3/h13-15H,5-12H2,1-4H3. The predicted octanol–water partition coefficient (Wildman–Crippen LogP) is 3.01. The van der Waals surface area contributed by atoms with Crippen molar-refractivity contribution in [1.29, 1.82) is 0 Å². The second kappa shape index (κ2) is 9.79. The third-order valence-corrected chi connectivity index (χ3v) is 5.37. The van der Waals surface area contributed by atoms with Gasteiger partial charge in [-0.3, -0.25) is 0 Å². The van der Waals surface area contributed by atoms with Crippen LogP contribution >= 0.6 is 0 Å². The van der Waals surface area contributed by atoms with E-state index in [2.05, 4.69) is 26.1 Å². The molecule has 2 atom stereocenters. The highest BCUT2D eigenvalue weighted by Gasteiger charge is 2.17. The van der Waals surface area contributed by atoms with Crippen LogP contribution in [0.25, 0.3) is 0 Å². The van der Waals surface area contributed by atoms with Crippen molar-refractivity contribution in [2.24, 2.45) is 5.92 Å². The Labute approximate surface area is 114 Å². The van der Waals surface area contributed by atoms with Crippen molar-refractivity contribution >= 4 is 9.84 Å². The first-order valence-corrected chi connectivity index (χ1v) is 9.22. The lowest BCUT2D eigenvalue weighted by Crippen LogP contribution is -2.35. The van der Waals surface area contributed by atoms with Gasteiger partial charge in [0.25, 0.3) is 0 Å². The van der Waals surface area contributed by atoms with Gasteiger partial charge in [0.2, 0.25) is 0 Å². The van der Waals surface area contributed by atoms with Crippen LogP contribution in [0.5, 0.6) is 0 Å². The van der Waals surface area contributed by atoms with Gasteiger partial charge in [-0.2, -0.15) is 0 Å². The summed E-state index contributed by atoms with van der Waals surface area (Å²) in [5, 5.41) is 3.50. The van der Waals surface area contributed by atoms with E-state index < -0.39 is 9.84 Å². The maximum Gasteiger partial charge on any atom is 0.150 e. The fraction of sp³-hybridized carbons (Fsp3) is 1.00. The Morgan fingerprint density at radius 3 is 2.22 bits per heavy atom. The Morgan fingerprint density at radius 2 is 1.72 bits per heavy atom. The zero-order valence-corrected chi connectivity index (χ0v) is 13.4. The van der Waals surface area contributed by atoms with Gasteiger partial charge >= 0.3 is 0 Å². The van der Waals surface area contributed by atoms with Crippen molar-refractivity contribution in [2.75, 3.05) is 18.1 Å². The molecule has 4 heteroatoms. The molecule has 2 unspecified atom stereocenters. The average molecular weight is 277 g/mol. The van der Waals surface area contributed by atoms with Gasteiger partial charge in [-0.1, -0.05) is 40.5 Å². The van der Waals surface area contributed by atoms with Gasteiger partial charge in [-0.05, 0) is 31.7 Å². The van der Waals surface area contributed by atoms with Crippen LogP contribution in [-0.4, -0.2) is 32.5 Å². The van der Waals surface area contributed by atoms with Crippen molar-refractivity contribution in [3.8, 4) is 0 Å². The quantitative estimate of drug-likeness (QED) is 0.631. The topological polar surface area (TPSA) is 46.2 Å². The molecule has 0 aromatic rings. The predicted molar refractivity (Wildman–Crippen MR) is 79.7 cm³/mol. The lowest BCUT2D eigenvalue weighted by molar-refractivity contribution is 0.335. The Morgan fingerprint density at radius 1 is 1.06 bits per heavy atom. The fourth-order valence-electron chi connectivity index (χ4n) is 2.24. The minimum Gasteiger partial charge on any atom is -0.314 e. The molecular formula is C14H31NO2S. The number of sulfone groups is 1. The van der Waals surface area contributed by atoms with Gasteiger partial charge in [0.1, 0.15) is 9.84 Å². The van der Waals surface area contributed by atoms with Crippen LogP contribution in [-0.2, 0) is 9.84 Å². The SMILES string of the molecule is CCCCC(C)C(CCCS(=O)(=O)CC)NCC. The summed E-state index contributed by atoms with van der Waals surface area (Å²) in [7, 11) is -2.80. The van der Waals surface area contributed by atoms with E-state index in [9.17, 15) is 8.42 Å². The summed E-state index contributed by atoms with van der Waals surface area (Å²) < 4.78 is 22.9. The molecule has 0 aliphatic carbocycles. The zero-order valence-electron chi connectivity index (χ0n) is 12.5. The molecule has 0 aromatic heterocycles. The van der Waals surface area contributed by atoms with E-state index >= 15 is 0 Å². The Balaban J connectivity index is 4.11. The molecule has 1 N–H and O–H groups in total. The lowest BCUT2D eigenvalue weighted by atomic mass is 9.92. The van der Waals surface area contributed by atoms with E-state index in [1.807, 2.05) is 0 Å². The molecule has 0 aromatic carbocycles. The van der Waals surface area contributed by atoms with Crippen LogP contribution in [0.3, 0.4) is 0 Å². The van der Waals surface area contributed by atoms with E-state index in [1.165, 1.54) is 19.3 Å². The molecule has 0 bridgehead atoms. The third kappa shape index (κ3) is 8.09. The Hall–Kier alpha value is -0.0900. The van der Waals surface area contributed by atoms with Crippen molar-refractivity contribution in [1.82, 2.24) is 5.32 Å². The number of unbranched alkanes of at least 4 members (excludes halogenated alkanes) is 1. The van der Waals surface area contributed by atoms with Gasteiger partial charge in [0.05, 0.1) is 5.75 Å². The van der Waals surface area contributed by atoms with Crippen molar-refractivity contribution in [2.45, 2.75) is 65.8 Å². The van der Waals surface area contributed by atoms with Crippen LogP contribution in [0.2, 0.25) is 0 Å². The fourth-order valence-corrected chi connectivity index (χ4v) is 3.14. The van der Waals surface area contributed by atoms with Gasteiger partial charge in [0.15, 0.2) is 0 Å². The molecule has 3 nitrogen and oxygen atoms in total. The molecule has 0 saturated heterocycles. The largest absolute Gasteiger partial charge is 0.314 e. The van der Waals surface area contributed by atoms with Crippen molar-refractivity contribution < 1.29 is 8.42 Å². The molecule has 0 aliphatic rings. The molecule has 0 aliphatic heterocycles. The smallest absolute Gasteiger partial charge is 0.150 e. The lowest BCUT2D eigenvalue weighted by Gasteiger charge is -2.24. The van der Waals surface area contributed by atoms with Crippen LogP contribution < -0.4 is 5.32 Å². The molecule has 0 radical (unpaired) electrons. The van der Waals surface area contributed by atoms with Gasteiger partial charge < -0.3 is 5.32 Å². The Kier molecular flexibility index (Phi) is 9.74. The molecule has 0 amide bonds.